The zero-order valence-electron chi connectivity index (χ0n) is 18.6. The minimum atomic E-state index is -0.192. The van der Waals surface area contributed by atoms with Gasteiger partial charge in [-0.25, -0.2) is 10.4 Å². The number of amides is 1. The predicted octanol–water partition coefficient (Wildman–Crippen LogP) is 5.23. The Balaban J connectivity index is 1.65. The first-order chi connectivity index (χ1) is 15.0. The molecule has 1 saturated heterocycles. The zero-order valence-corrected chi connectivity index (χ0v) is 18.6. The van der Waals surface area contributed by atoms with Gasteiger partial charge in [-0.1, -0.05) is 56.3 Å². The smallest absolute Gasteiger partial charge is 0.272 e. The van der Waals surface area contributed by atoms with Gasteiger partial charge >= 0.3 is 0 Å². The number of hydrogen-bond acceptors (Lipinski definition) is 4. The van der Waals surface area contributed by atoms with Gasteiger partial charge in [-0.15, -0.1) is 0 Å². The standard InChI is InChI=1S/C26H30N4O/c1-4-18(2)19-9-11-20(12-10-19)25-17-23(22-7-5-6-8-24(22)27-25)26(31)29-28-21-13-15-30(3)16-14-21/h5-12,17-18H,4,13-16H2,1-3H3,(H,29,31). The molecule has 0 bridgehead atoms. The molecule has 4 rings (SSSR count). The predicted molar refractivity (Wildman–Crippen MR) is 128 cm³/mol. The highest BCUT2D eigenvalue weighted by atomic mass is 16.2. The van der Waals surface area contributed by atoms with Crippen LogP contribution >= 0.6 is 0 Å². The summed E-state index contributed by atoms with van der Waals surface area (Å²) in [5, 5.41) is 5.25. The first-order valence-corrected chi connectivity index (χ1v) is 11.1. The van der Waals surface area contributed by atoms with E-state index in [1.807, 2.05) is 30.3 Å². The lowest BCUT2D eigenvalue weighted by Crippen LogP contribution is -2.32. The van der Waals surface area contributed by atoms with Crippen LogP contribution in [0, 0.1) is 0 Å². The van der Waals surface area contributed by atoms with Gasteiger partial charge in [-0.05, 0) is 37.1 Å². The van der Waals surface area contributed by atoms with Crippen LogP contribution in [0.5, 0.6) is 0 Å². The van der Waals surface area contributed by atoms with Crippen LogP contribution in [0.3, 0.4) is 0 Å². The van der Waals surface area contributed by atoms with Crippen molar-refractivity contribution in [3.05, 3.63) is 65.7 Å². The summed E-state index contributed by atoms with van der Waals surface area (Å²) >= 11 is 0. The number of carbonyl (C=O) groups excluding carboxylic acids is 1. The van der Waals surface area contributed by atoms with Crippen LogP contribution in [-0.4, -0.2) is 41.6 Å². The molecule has 2 heterocycles. The van der Waals surface area contributed by atoms with Gasteiger partial charge in [0.1, 0.15) is 0 Å². The van der Waals surface area contributed by atoms with E-state index in [1.165, 1.54) is 5.56 Å². The Morgan fingerprint density at radius 3 is 2.55 bits per heavy atom. The first kappa shape index (κ1) is 21.2. The normalized spacial score (nSPS) is 15.6. The number of likely N-dealkylation sites (tertiary alicyclic amines) is 1. The summed E-state index contributed by atoms with van der Waals surface area (Å²) in [6.07, 6.45) is 2.89. The number of fused-ring (bicyclic) bond motifs is 1. The number of nitrogens with one attached hydrogen (secondary N) is 1. The van der Waals surface area contributed by atoms with Crippen molar-refractivity contribution in [2.45, 2.75) is 39.0 Å². The number of hydrogen-bond donors (Lipinski definition) is 1. The van der Waals surface area contributed by atoms with Crippen LogP contribution in [-0.2, 0) is 0 Å². The lowest BCUT2D eigenvalue weighted by molar-refractivity contribution is 0.0956. The van der Waals surface area contributed by atoms with Crippen LogP contribution in [0.1, 0.15) is 54.9 Å². The Bertz CT molecular complexity index is 1090. The highest BCUT2D eigenvalue weighted by molar-refractivity contribution is 6.07. The van der Waals surface area contributed by atoms with Crippen molar-refractivity contribution in [1.82, 2.24) is 15.3 Å². The van der Waals surface area contributed by atoms with E-state index in [4.69, 9.17) is 4.98 Å². The number of carbonyl (C=O) groups is 1. The lowest BCUT2D eigenvalue weighted by atomic mass is 9.96. The summed E-state index contributed by atoms with van der Waals surface area (Å²) in [6, 6.07) is 18.2. The van der Waals surface area contributed by atoms with Crippen LogP contribution in [0.2, 0.25) is 0 Å². The molecule has 1 amide bonds. The van der Waals surface area contributed by atoms with E-state index in [2.05, 4.69) is 60.6 Å². The summed E-state index contributed by atoms with van der Waals surface area (Å²) in [4.78, 5) is 20.2. The molecule has 0 aliphatic carbocycles. The monoisotopic (exact) mass is 414 g/mol. The van der Waals surface area contributed by atoms with Crippen LogP contribution < -0.4 is 5.43 Å². The number of benzene rings is 2. The molecule has 5 heteroatoms. The van der Waals surface area contributed by atoms with E-state index in [0.29, 0.717) is 11.5 Å². The van der Waals surface area contributed by atoms with Crippen molar-refractivity contribution in [2.75, 3.05) is 20.1 Å². The van der Waals surface area contributed by atoms with Gasteiger partial charge in [0, 0.05) is 42.6 Å². The molecule has 1 N–H and O–H groups in total. The Morgan fingerprint density at radius 1 is 1.13 bits per heavy atom. The fourth-order valence-electron chi connectivity index (χ4n) is 3.91. The van der Waals surface area contributed by atoms with Crippen molar-refractivity contribution in [3.8, 4) is 11.3 Å². The number of rotatable bonds is 5. The molecule has 0 spiro atoms. The SMILES string of the molecule is CCC(C)c1ccc(-c2cc(C(=O)NN=C3CCN(C)CC3)c3ccccc3n2)cc1. The third kappa shape index (κ3) is 4.83. The van der Waals surface area contributed by atoms with Gasteiger partial charge in [0.25, 0.3) is 5.91 Å². The minimum Gasteiger partial charge on any atom is -0.306 e. The molecule has 5 nitrogen and oxygen atoms in total. The summed E-state index contributed by atoms with van der Waals surface area (Å²) in [5.74, 6) is 0.334. The number of aromatic nitrogens is 1. The molecule has 1 fully saturated rings. The van der Waals surface area contributed by atoms with Gasteiger partial charge in [0.15, 0.2) is 0 Å². The molecule has 1 aliphatic heterocycles. The Hall–Kier alpha value is -3.05. The Morgan fingerprint density at radius 2 is 1.84 bits per heavy atom. The van der Waals surface area contributed by atoms with Gasteiger partial charge < -0.3 is 4.90 Å². The second kappa shape index (κ2) is 9.40. The third-order valence-corrected chi connectivity index (χ3v) is 6.23. The largest absolute Gasteiger partial charge is 0.306 e. The Labute approximate surface area is 184 Å². The minimum absolute atomic E-state index is 0.192. The second-order valence-electron chi connectivity index (χ2n) is 8.43. The van der Waals surface area contributed by atoms with Crippen molar-refractivity contribution in [2.24, 2.45) is 5.10 Å². The van der Waals surface area contributed by atoms with Crippen LogP contribution in [0.4, 0.5) is 0 Å². The van der Waals surface area contributed by atoms with Gasteiger partial charge in [0.2, 0.25) is 0 Å². The number of nitrogens with zero attached hydrogens (tertiary/aromatic N) is 3. The lowest BCUT2D eigenvalue weighted by Gasteiger charge is -2.22. The quantitative estimate of drug-likeness (QED) is 0.582. The molecular formula is C26H30N4O. The molecule has 0 saturated carbocycles. The molecule has 2 aromatic carbocycles. The molecule has 1 aromatic heterocycles. The highest BCUT2D eigenvalue weighted by Crippen LogP contribution is 2.27. The number of piperidine rings is 1. The average molecular weight is 415 g/mol. The summed E-state index contributed by atoms with van der Waals surface area (Å²) in [5.41, 5.74) is 8.37. The van der Waals surface area contributed by atoms with Gasteiger partial charge in [-0.3, -0.25) is 4.79 Å². The fraction of sp³-hybridized carbons (Fsp3) is 0.346. The third-order valence-electron chi connectivity index (χ3n) is 6.23. The highest BCUT2D eigenvalue weighted by Gasteiger charge is 2.16. The molecule has 160 valence electrons. The molecule has 3 aromatic rings. The van der Waals surface area contributed by atoms with E-state index >= 15 is 0 Å². The van der Waals surface area contributed by atoms with E-state index in [-0.39, 0.29) is 5.91 Å². The van der Waals surface area contributed by atoms with E-state index in [1.54, 1.807) is 0 Å². The average Bonchev–Trinajstić information content (AvgIpc) is 2.82. The van der Waals surface area contributed by atoms with Crippen molar-refractivity contribution in [1.29, 1.82) is 0 Å². The molecule has 0 radical (unpaired) electrons. The molecule has 1 unspecified atom stereocenters. The number of hydrazone groups is 1. The first-order valence-electron chi connectivity index (χ1n) is 11.1. The van der Waals surface area contributed by atoms with E-state index < -0.39 is 0 Å². The molecular weight excluding hydrogens is 384 g/mol. The molecule has 1 aliphatic rings. The van der Waals surface area contributed by atoms with Gasteiger partial charge in [0.05, 0.1) is 16.8 Å². The van der Waals surface area contributed by atoms with Crippen molar-refractivity contribution >= 4 is 22.5 Å². The Kier molecular flexibility index (Phi) is 6.42. The van der Waals surface area contributed by atoms with Crippen molar-refractivity contribution in [3.63, 3.8) is 0 Å². The summed E-state index contributed by atoms with van der Waals surface area (Å²) in [6.45, 7) is 6.38. The topological polar surface area (TPSA) is 57.6 Å². The maximum atomic E-state index is 13.1. The maximum Gasteiger partial charge on any atom is 0.272 e. The summed E-state index contributed by atoms with van der Waals surface area (Å²) < 4.78 is 0. The van der Waals surface area contributed by atoms with Crippen molar-refractivity contribution < 1.29 is 4.79 Å². The zero-order chi connectivity index (χ0) is 21.8. The molecule has 1 atom stereocenters. The molecule has 31 heavy (non-hydrogen) atoms. The second-order valence-corrected chi connectivity index (χ2v) is 8.43. The van der Waals surface area contributed by atoms with Crippen LogP contribution in [0.15, 0.2) is 59.7 Å². The van der Waals surface area contributed by atoms with Crippen LogP contribution in [0.25, 0.3) is 22.2 Å². The number of para-hydroxylation sites is 1. The van der Waals surface area contributed by atoms with Gasteiger partial charge in [-0.2, -0.15) is 5.10 Å². The summed E-state index contributed by atoms with van der Waals surface area (Å²) in [7, 11) is 2.11. The maximum absolute atomic E-state index is 13.1. The van der Waals surface area contributed by atoms with E-state index in [0.717, 1.165) is 60.2 Å². The van der Waals surface area contributed by atoms with E-state index in [9.17, 15) is 4.79 Å². The fourth-order valence-corrected chi connectivity index (χ4v) is 3.91. The number of pyridine rings is 1.